The Balaban J connectivity index is 1.86. The summed E-state index contributed by atoms with van der Waals surface area (Å²) in [6, 6.07) is 8.65. The van der Waals surface area contributed by atoms with Crippen molar-refractivity contribution in [3.63, 3.8) is 0 Å². The summed E-state index contributed by atoms with van der Waals surface area (Å²) in [5.74, 6) is -0.0544. The van der Waals surface area contributed by atoms with E-state index in [0.29, 0.717) is 11.1 Å². The average Bonchev–Trinajstić information content (AvgIpc) is 2.44. The molecule has 1 saturated heterocycles. The predicted molar refractivity (Wildman–Crippen MR) is 74.5 cm³/mol. The van der Waals surface area contributed by atoms with Crippen molar-refractivity contribution in [1.82, 2.24) is 0 Å². The van der Waals surface area contributed by atoms with Gasteiger partial charge in [0.1, 0.15) is 6.61 Å². The van der Waals surface area contributed by atoms with E-state index >= 15 is 0 Å². The molecule has 4 nitrogen and oxygen atoms in total. The first-order chi connectivity index (χ1) is 9.58. The van der Waals surface area contributed by atoms with Gasteiger partial charge in [-0.3, -0.25) is 4.79 Å². The summed E-state index contributed by atoms with van der Waals surface area (Å²) < 4.78 is 11.3. The molecule has 20 heavy (non-hydrogen) atoms. The monoisotopic (exact) mass is 273 g/mol. The predicted octanol–water partition coefficient (Wildman–Crippen LogP) is 2.71. The van der Waals surface area contributed by atoms with Crippen LogP contribution in [-0.2, 0) is 9.47 Å². The van der Waals surface area contributed by atoms with Gasteiger partial charge in [-0.25, -0.2) is 0 Å². The van der Waals surface area contributed by atoms with E-state index in [4.69, 9.17) is 14.7 Å². The molecule has 0 bridgehead atoms. The van der Waals surface area contributed by atoms with Crippen LogP contribution in [0.2, 0.25) is 0 Å². The van der Waals surface area contributed by atoms with Crippen LogP contribution in [-0.4, -0.2) is 30.7 Å². The van der Waals surface area contributed by atoms with Crippen LogP contribution in [0.3, 0.4) is 0 Å². The van der Waals surface area contributed by atoms with Gasteiger partial charge < -0.3 is 9.47 Å². The smallest absolute Gasteiger partial charge is 0.188 e. The highest BCUT2D eigenvalue weighted by atomic mass is 16.5. The van der Waals surface area contributed by atoms with Gasteiger partial charge in [0.25, 0.3) is 0 Å². The molecular weight excluding hydrogens is 254 g/mol. The van der Waals surface area contributed by atoms with Crippen molar-refractivity contribution in [3.8, 4) is 6.07 Å². The van der Waals surface area contributed by atoms with Crippen molar-refractivity contribution in [2.75, 3.05) is 6.61 Å². The van der Waals surface area contributed by atoms with Crippen LogP contribution in [0.5, 0.6) is 0 Å². The fourth-order valence-corrected chi connectivity index (χ4v) is 2.49. The second-order valence-corrected chi connectivity index (χ2v) is 5.27. The van der Waals surface area contributed by atoms with Crippen molar-refractivity contribution in [3.05, 3.63) is 35.4 Å². The number of carbonyl (C=O) groups is 1. The number of nitriles is 1. The summed E-state index contributed by atoms with van der Waals surface area (Å²) >= 11 is 0. The first-order valence-electron chi connectivity index (χ1n) is 6.89. The number of ketones is 1. The number of hydrogen-bond acceptors (Lipinski definition) is 4. The first kappa shape index (κ1) is 14.7. The highest BCUT2D eigenvalue weighted by Gasteiger charge is 2.25. The molecule has 2 atom stereocenters. The summed E-state index contributed by atoms with van der Waals surface area (Å²) in [5.41, 5.74) is 1.13. The van der Waals surface area contributed by atoms with Crippen LogP contribution >= 0.6 is 0 Å². The molecular formula is C16H19NO3. The Labute approximate surface area is 119 Å². The van der Waals surface area contributed by atoms with Crippen molar-refractivity contribution >= 4 is 5.78 Å². The van der Waals surface area contributed by atoms with E-state index in [9.17, 15) is 4.79 Å². The Bertz CT molecular complexity index is 493. The summed E-state index contributed by atoms with van der Waals surface area (Å²) in [4.78, 5) is 12.0. The molecule has 0 aromatic heterocycles. The van der Waals surface area contributed by atoms with Gasteiger partial charge in [0.2, 0.25) is 0 Å². The lowest BCUT2D eigenvalue weighted by atomic mass is 10.0. The molecule has 1 aromatic carbocycles. The van der Waals surface area contributed by atoms with Crippen molar-refractivity contribution in [1.29, 1.82) is 5.26 Å². The van der Waals surface area contributed by atoms with Crippen LogP contribution in [0.1, 0.15) is 42.6 Å². The number of rotatable bonds is 4. The third-order valence-electron chi connectivity index (χ3n) is 3.44. The number of ether oxygens (including phenoxy) is 2. The van der Waals surface area contributed by atoms with Crippen molar-refractivity contribution < 1.29 is 14.3 Å². The van der Waals surface area contributed by atoms with Gasteiger partial charge in [0, 0.05) is 5.56 Å². The van der Waals surface area contributed by atoms with Gasteiger partial charge >= 0.3 is 0 Å². The van der Waals surface area contributed by atoms with E-state index in [1.54, 1.807) is 24.3 Å². The van der Waals surface area contributed by atoms with Crippen molar-refractivity contribution in [2.45, 2.75) is 45.0 Å². The summed E-state index contributed by atoms with van der Waals surface area (Å²) in [7, 11) is 0. The molecule has 1 fully saturated rings. The average molecular weight is 273 g/mol. The van der Waals surface area contributed by atoms with Gasteiger partial charge in [-0.15, -0.1) is 0 Å². The second kappa shape index (κ2) is 6.65. The zero-order valence-electron chi connectivity index (χ0n) is 11.8. The van der Waals surface area contributed by atoms with Crippen LogP contribution in [0.25, 0.3) is 0 Å². The Morgan fingerprint density at radius 2 is 1.90 bits per heavy atom. The van der Waals surface area contributed by atoms with Gasteiger partial charge in [-0.1, -0.05) is 12.1 Å². The molecule has 0 saturated carbocycles. The Hall–Kier alpha value is -1.70. The quantitative estimate of drug-likeness (QED) is 0.791. The van der Waals surface area contributed by atoms with Crippen LogP contribution in [0, 0.1) is 11.3 Å². The minimum atomic E-state index is -0.0544. The lowest BCUT2D eigenvalue weighted by Crippen LogP contribution is -2.35. The SMILES string of the molecule is CC1CC(OCC(=O)c2ccc(C#N)cc2)CC(C)O1. The summed E-state index contributed by atoms with van der Waals surface area (Å²) in [6.07, 6.45) is 2.08. The Kier molecular flexibility index (Phi) is 4.89. The first-order valence-corrected chi connectivity index (χ1v) is 6.89. The molecule has 0 aliphatic carbocycles. The van der Waals surface area contributed by atoms with Gasteiger partial charge in [0.05, 0.1) is 29.9 Å². The van der Waals surface area contributed by atoms with Crippen LogP contribution < -0.4 is 0 Å². The number of nitrogens with zero attached hydrogens (tertiary/aromatic N) is 1. The maximum atomic E-state index is 12.0. The number of benzene rings is 1. The van der Waals surface area contributed by atoms with E-state index in [0.717, 1.165) is 12.8 Å². The molecule has 0 spiro atoms. The minimum absolute atomic E-state index is 0.0544. The third kappa shape index (κ3) is 3.89. The molecule has 2 rings (SSSR count). The van der Waals surface area contributed by atoms with E-state index in [2.05, 4.69) is 0 Å². The van der Waals surface area contributed by atoms with E-state index in [1.165, 1.54) is 0 Å². The lowest BCUT2D eigenvalue weighted by Gasteiger charge is -2.31. The fourth-order valence-electron chi connectivity index (χ4n) is 2.49. The number of carbonyl (C=O) groups excluding carboxylic acids is 1. The molecule has 1 heterocycles. The molecule has 1 aliphatic heterocycles. The fraction of sp³-hybridized carbons (Fsp3) is 0.500. The maximum absolute atomic E-state index is 12.0. The molecule has 0 radical (unpaired) electrons. The molecule has 2 unspecified atom stereocenters. The Morgan fingerprint density at radius 3 is 2.45 bits per heavy atom. The maximum Gasteiger partial charge on any atom is 0.188 e. The molecule has 4 heteroatoms. The van der Waals surface area contributed by atoms with Crippen LogP contribution in [0.15, 0.2) is 24.3 Å². The van der Waals surface area contributed by atoms with Crippen molar-refractivity contribution in [2.24, 2.45) is 0 Å². The third-order valence-corrected chi connectivity index (χ3v) is 3.44. The molecule has 1 aromatic rings. The molecule has 106 valence electrons. The number of hydrogen-bond donors (Lipinski definition) is 0. The summed E-state index contributed by atoms with van der Waals surface area (Å²) in [5, 5.41) is 8.72. The van der Waals surface area contributed by atoms with Gasteiger partial charge in [-0.05, 0) is 38.8 Å². The molecule has 0 N–H and O–H groups in total. The van der Waals surface area contributed by atoms with Gasteiger partial charge in [0.15, 0.2) is 5.78 Å². The summed E-state index contributed by atoms with van der Waals surface area (Å²) in [6.45, 7) is 4.12. The second-order valence-electron chi connectivity index (χ2n) is 5.27. The zero-order valence-corrected chi connectivity index (χ0v) is 11.8. The highest BCUT2D eigenvalue weighted by molar-refractivity contribution is 5.97. The standard InChI is InChI=1S/C16H19NO3/c1-11-7-15(8-12(2)20-11)19-10-16(18)14-5-3-13(9-17)4-6-14/h3-6,11-12,15H,7-8,10H2,1-2H3. The Morgan fingerprint density at radius 1 is 1.30 bits per heavy atom. The molecule has 0 amide bonds. The van der Waals surface area contributed by atoms with Gasteiger partial charge in [-0.2, -0.15) is 5.26 Å². The number of Topliss-reactive ketones (excluding diaryl/α,β-unsaturated/α-hetero) is 1. The lowest BCUT2D eigenvalue weighted by molar-refractivity contribution is -0.0975. The van der Waals surface area contributed by atoms with E-state index < -0.39 is 0 Å². The minimum Gasteiger partial charge on any atom is -0.375 e. The normalized spacial score (nSPS) is 25.9. The van der Waals surface area contributed by atoms with Crippen LogP contribution in [0.4, 0.5) is 0 Å². The largest absolute Gasteiger partial charge is 0.375 e. The van der Waals surface area contributed by atoms with E-state index in [1.807, 2.05) is 19.9 Å². The topological polar surface area (TPSA) is 59.3 Å². The zero-order chi connectivity index (χ0) is 14.5. The van der Waals surface area contributed by atoms with E-state index in [-0.39, 0.29) is 30.7 Å². The highest BCUT2D eigenvalue weighted by Crippen LogP contribution is 2.21. The molecule has 1 aliphatic rings.